The average molecular weight is 269 g/mol. The average Bonchev–Trinajstić information content (AvgIpc) is 2.31. The molecule has 0 aromatic heterocycles. The highest BCUT2D eigenvalue weighted by molar-refractivity contribution is 6.42. The molecule has 0 saturated carbocycles. The molecule has 4 heteroatoms. The van der Waals surface area contributed by atoms with Crippen LogP contribution in [0.1, 0.15) is 5.56 Å². The van der Waals surface area contributed by atoms with E-state index in [0.717, 1.165) is 5.56 Å². The lowest BCUT2D eigenvalue weighted by Crippen LogP contribution is -1.95. The summed E-state index contributed by atoms with van der Waals surface area (Å²) in [5.41, 5.74) is 0.862. The van der Waals surface area contributed by atoms with Crippen molar-refractivity contribution in [2.45, 2.75) is 6.61 Å². The molecule has 0 radical (unpaired) electrons. The van der Waals surface area contributed by atoms with Crippen LogP contribution in [0.2, 0.25) is 10.0 Å². The summed E-state index contributed by atoms with van der Waals surface area (Å²) >= 11 is 11.9. The second-order valence-electron chi connectivity index (χ2n) is 3.51. The molecule has 0 spiro atoms. The van der Waals surface area contributed by atoms with Crippen molar-refractivity contribution >= 4 is 23.2 Å². The molecule has 17 heavy (non-hydrogen) atoms. The molecule has 0 atom stereocenters. The first-order chi connectivity index (χ1) is 8.16. The van der Waals surface area contributed by atoms with Gasteiger partial charge < -0.3 is 9.84 Å². The van der Waals surface area contributed by atoms with Crippen molar-refractivity contribution in [3.63, 3.8) is 0 Å². The predicted molar refractivity (Wildman–Crippen MR) is 68.9 cm³/mol. The van der Waals surface area contributed by atoms with Crippen LogP contribution in [0.3, 0.4) is 0 Å². The number of benzene rings is 2. The van der Waals surface area contributed by atoms with E-state index in [2.05, 4.69) is 0 Å². The van der Waals surface area contributed by atoms with Gasteiger partial charge in [0.15, 0.2) is 0 Å². The fourth-order valence-corrected chi connectivity index (χ4v) is 1.75. The van der Waals surface area contributed by atoms with Gasteiger partial charge in [-0.2, -0.15) is 0 Å². The third-order valence-corrected chi connectivity index (χ3v) is 3.02. The first-order valence-corrected chi connectivity index (χ1v) is 5.77. The Morgan fingerprint density at radius 2 is 1.82 bits per heavy atom. The van der Waals surface area contributed by atoms with Crippen LogP contribution in [0.5, 0.6) is 11.5 Å². The van der Waals surface area contributed by atoms with Gasteiger partial charge in [0.05, 0.1) is 5.02 Å². The molecule has 0 unspecified atom stereocenters. The number of phenolic OH excluding ortho intramolecular Hbond substituents is 1. The maximum Gasteiger partial charge on any atom is 0.139 e. The molecule has 0 amide bonds. The van der Waals surface area contributed by atoms with Crippen molar-refractivity contribution in [2.24, 2.45) is 0 Å². The monoisotopic (exact) mass is 268 g/mol. The number of phenols is 1. The lowest BCUT2D eigenvalue weighted by Gasteiger charge is -2.08. The summed E-state index contributed by atoms with van der Waals surface area (Å²) in [6, 6.07) is 12.1. The quantitative estimate of drug-likeness (QED) is 0.901. The van der Waals surface area contributed by atoms with E-state index in [1.807, 2.05) is 6.07 Å². The van der Waals surface area contributed by atoms with Gasteiger partial charge in [-0.1, -0.05) is 41.4 Å². The highest BCUT2D eigenvalue weighted by Gasteiger charge is 2.05. The number of hydrogen-bond acceptors (Lipinski definition) is 2. The van der Waals surface area contributed by atoms with E-state index in [0.29, 0.717) is 22.4 Å². The molecule has 88 valence electrons. The maximum absolute atomic E-state index is 9.31. The fourth-order valence-electron chi connectivity index (χ4n) is 1.40. The molecular weight excluding hydrogens is 259 g/mol. The molecule has 1 N–H and O–H groups in total. The third kappa shape index (κ3) is 3.05. The Morgan fingerprint density at radius 3 is 2.59 bits per heavy atom. The number of rotatable bonds is 3. The molecular formula is C13H10Cl2O2. The Kier molecular flexibility index (Phi) is 3.77. The molecule has 0 bridgehead atoms. The van der Waals surface area contributed by atoms with Gasteiger partial charge in [-0.15, -0.1) is 0 Å². The molecule has 0 saturated heterocycles. The predicted octanol–water partition coefficient (Wildman–Crippen LogP) is 4.28. The Labute approximate surface area is 109 Å². The van der Waals surface area contributed by atoms with Crippen molar-refractivity contribution in [2.75, 3.05) is 0 Å². The van der Waals surface area contributed by atoms with E-state index < -0.39 is 0 Å². The van der Waals surface area contributed by atoms with E-state index in [1.165, 1.54) is 0 Å². The highest BCUT2D eigenvalue weighted by atomic mass is 35.5. The number of aromatic hydroxyl groups is 1. The smallest absolute Gasteiger partial charge is 0.139 e. The molecule has 2 nitrogen and oxygen atoms in total. The van der Waals surface area contributed by atoms with Gasteiger partial charge in [0.1, 0.15) is 23.1 Å². The van der Waals surface area contributed by atoms with Gasteiger partial charge in [-0.25, -0.2) is 0 Å². The van der Waals surface area contributed by atoms with Gasteiger partial charge in [-0.05, 0) is 29.8 Å². The second-order valence-corrected chi connectivity index (χ2v) is 4.30. The minimum absolute atomic E-state index is 0.211. The second kappa shape index (κ2) is 5.30. The zero-order valence-corrected chi connectivity index (χ0v) is 10.4. The number of ether oxygens (including phenoxy) is 1. The van der Waals surface area contributed by atoms with Crippen LogP contribution in [0.15, 0.2) is 42.5 Å². The topological polar surface area (TPSA) is 29.5 Å². The van der Waals surface area contributed by atoms with Crippen molar-refractivity contribution < 1.29 is 9.84 Å². The van der Waals surface area contributed by atoms with Gasteiger partial charge in [0.25, 0.3) is 0 Å². The van der Waals surface area contributed by atoms with E-state index in [9.17, 15) is 5.11 Å². The zero-order valence-electron chi connectivity index (χ0n) is 8.86. The van der Waals surface area contributed by atoms with Gasteiger partial charge in [0.2, 0.25) is 0 Å². The molecule has 0 aliphatic heterocycles. The standard InChI is InChI=1S/C13H10Cl2O2/c14-11-5-2-6-12(13(11)15)17-8-9-3-1-4-10(16)7-9/h1-7,16H,8H2. The first kappa shape index (κ1) is 12.1. The summed E-state index contributed by atoms with van der Waals surface area (Å²) in [6.45, 7) is 0.328. The molecule has 0 aliphatic rings. The van der Waals surface area contributed by atoms with E-state index in [4.69, 9.17) is 27.9 Å². The van der Waals surface area contributed by atoms with Crippen molar-refractivity contribution in [1.29, 1.82) is 0 Å². The summed E-state index contributed by atoms with van der Waals surface area (Å²) in [5.74, 6) is 0.741. The summed E-state index contributed by atoms with van der Waals surface area (Å²) in [4.78, 5) is 0. The lowest BCUT2D eigenvalue weighted by atomic mass is 10.2. The normalized spacial score (nSPS) is 10.2. The van der Waals surface area contributed by atoms with Crippen LogP contribution in [-0.4, -0.2) is 5.11 Å². The van der Waals surface area contributed by atoms with Crippen LogP contribution in [0.4, 0.5) is 0 Å². The van der Waals surface area contributed by atoms with Gasteiger partial charge in [-0.3, -0.25) is 0 Å². The Morgan fingerprint density at radius 1 is 1.06 bits per heavy atom. The minimum atomic E-state index is 0.211. The summed E-state index contributed by atoms with van der Waals surface area (Å²) < 4.78 is 5.53. The molecule has 2 aromatic carbocycles. The van der Waals surface area contributed by atoms with Crippen LogP contribution < -0.4 is 4.74 Å². The highest BCUT2D eigenvalue weighted by Crippen LogP contribution is 2.32. The molecule has 2 rings (SSSR count). The maximum atomic E-state index is 9.31. The minimum Gasteiger partial charge on any atom is -0.508 e. The van der Waals surface area contributed by atoms with Crippen LogP contribution >= 0.6 is 23.2 Å². The van der Waals surface area contributed by atoms with Gasteiger partial charge in [0, 0.05) is 0 Å². The van der Waals surface area contributed by atoms with Crippen molar-refractivity contribution in [3.05, 3.63) is 58.1 Å². The van der Waals surface area contributed by atoms with Gasteiger partial charge >= 0.3 is 0 Å². The molecule has 0 fully saturated rings. The summed E-state index contributed by atoms with van der Waals surface area (Å²) in [5, 5.41) is 10.2. The first-order valence-electron chi connectivity index (χ1n) is 5.01. The van der Waals surface area contributed by atoms with Crippen LogP contribution in [0, 0.1) is 0 Å². The lowest BCUT2D eigenvalue weighted by molar-refractivity contribution is 0.305. The SMILES string of the molecule is Oc1cccc(COc2cccc(Cl)c2Cl)c1. The molecule has 0 aliphatic carbocycles. The summed E-state index contributed by atoms with van der Waals surface area (Å²) in [7, 11) is 0. The Hall–Kier alpha value is -1.38. The van der Waals surface area contributed by atoms with Crippen LogP contribution in [-0.2, 0) is 6.61 Å². The molecule has 2 aromatic rings. The van der Waals surface area contributed by atoms with E-state index in [-0.39, 0.29) is 5.75 Å². The summed E-state index contributed by atoms with van der Waals surface area (Å²) in [6.07, 6.45) is 0. The number of hydrogen-bond donors (Lipinski definition) is 1. The Balaban J connectivity index is 2.10. The zero-order chi connectivity index (χ0) is 12.3. The largest absolute Gasteiger partial charge is 0.508 e. The van der Waals surface area contributed by atoms with E-state index >= 15 is 0 Å². The van der Waals surface area contributed by atoms with E-state index in [1.54, 1.807) is 36.4 Å². The fraction of sp³-hybridized carbons (Fsp3) is 0.0769. The third-order valence-electron chi connectivity index (χ3n) is 2.22. The Bertz CT molecular complexity index is 527. The van der Waals surface area contributed by atoms with Crippen LogP contribution in [0.25, 0.3) is 0 Å². The molecule has 0 heterocycles. The van der Waals surface area contributed by atoms with Crippen molar-refractivity contribution in [3.8, 4) is 11.5 Å². The number of halogens is 2. The van der Waals surface area contributed by atoms with Crippen molar-refractivity contribution in [1.82, 2.24) is 0 Å².